The molecule has 1 N–H and O–H groups in total. The summed E-state index contributed by atoms with van der Waals surface area (Å²) in [5.41, 5.74) is 4.20. The first-order chi connectivity index (χ1) is 17.1. The molecule has 0 spiro atoms. The summed E-state index contributed by atoms with van der Waals surface area (Å²) in [5.74, 6) is 0.120. The highest BCUT2D eigenvalue weighted by atomic mass is 79.9. The average Bonchev–Trinajstić information content (AvgIpc) is 2.84. The van der Waals surface area contributed by atoms with Crippen molar-refractivity contribution in [2.45, 2.75) is 52.1 Å². The Labute approximate surface area is 223 Å². The summed E-state index contributed by atoms with van der Waals surface area (Å²) in [4.78, 5) is 28.2. The predicted octanol–water partition coefficient (Wildman–Crippen LogP) is 5.82. The molecule has 0 saturated carbocycles. The Balaban J connectivity index is 1.87. The SMILES string of the molecule is CNC(=O)[C@@H](Cc1ccccc1)N(Cc1cccc(C)c1)C(=O)COc1ccc(C(C)(C)C)cc1Br. The number of halogens is 1. The topological polar surface area (TPSA) is 58.6 Å². The Morgan fingerprint density at radius 1 is 0.972 bits per heavy atom. The van der Waals surface area contributed by atoms with Gasteiger partial charge in [0.05, 0.1) is 4.47 Å². The molecule has 0 aliphatic heterocycles. The van der Waals surface area contributed by atoms with E-state index in [4.69, 9.17) is 4.74 Å². The summed E-state index contributed by atoms with van der Waals surface area (Å²) in [5, 5.41) is 2.74. The van der Waals surface area contributed by atoms with E-state index in [1.54, 1.807) is 11.9 Å². The van der Waals surface area contributed by atoms with E-state index in [9.17, 15) is 9.59 Å². The second-order valence-corrected chi connectivity index (χ2v) is 10.9. The van der Waals surface area contributed by atoms with Gasteiger partial charge in [0.2, 0.25) is 5.91 Å². The van der Waals surface area contributed by atoms with Gasteiger partial charge >= 0.3 is 0 Å². The van der Waals surface area contributed by atoms with Gasteiger partial charge in [0.15, 0.2) is 6.61 Å². The molecular weight excluding hydrogens is 516 g/mol. The van der Waals surface area contributed by atoms with E-state index in [-0.39, 0.29) is 23.8 Å². The molecular formula is C30H35BrN2O3. The van der Waals surface area contributed by atoms with E-state index in [2.05, 4.69) is 42.0 Å². The van der Waals surface area contributed by atoms with Crippen molar-refractivity contribution < 1.29 is 14.3 Å². The molecule has 0 radical (unpaired) electrons. The highest BCUT2D eigenvalue weighted by molar-refractivity contribution is 9.10. The van der Waals surface area contributed by atoms with Crippen molar-refractivity contribution in [3.05, 3.63) is 99.5 Å². The van der Waals surface area contributed by atoms with Gasteiger partial charge in [0.1, 0.15) is 11.8 Å². The van der Waals surface area contributed by atoms with Crippen molar-refractivity contribution in [1.82, 2.24) is 10.2 Å². The van der Waals surface area contributed by atoms with Gasteiger partial charge in [-0.25, -0.2) is 0 Å². The Hall–Kier alpha value is -3.12. The summed E-state index contributed by atoms with van der Waals surface area (Å²) < 4.78 is 6.74. The van der Waals surface area contributed by atoms with Gasteiger partial charge in [-0.15, -0.1) is 0 Å². The van der Waals surface area contributed by atoms with Crippen LogP contribution >= 0.6 is 15.9 Å². The van der Waals surface area contributed by atoms with Crippen LogP contribution < -0.4 is 10.1 Å². The minimum absolute atomic E-state index is 0.000340. The van der Waals surface area contributed by atoms with Gasteiger partial charge in [-0.3, -0.25) is 9.59 Å². The third kappa shape index (κ3) is 7.44. The minimum Gasteiger partial charge on any atom is -0.483 e. The number of likely N-dealkylation sites (N-methyl/N-ethyl adjacent to an activating group) is 1. The van der Waals surface area contributed by atoms with E-state index in [1.165, 1.54) is 0 Å². The summed E-state index contributed by atoms with van der Waals surface area (Å²) in [6.45, 7) is 8.58. The smallest absolute Gasteiger partial charge is 0.261 e. The van der Waals surface area contributed by atoms with Crippen LogP contribution in [0.4, 0.5) is 0 Å². The van der Waals surface area contributed by atoms with E-state index in [0.717, 1.165) is 26.7 Å². The molecule has 0 aliphatic rings. The molecule has 0 bridgehead atoms. The molecule has 6 heteroatoms. The molecule has 0 unspecified atom stereocenters. The van der Waals surface area contributed by atoms with Crippen LogP contribution in [-0.4, -0.2) is 36.4 Å². The van der Waals surface area contributed by atoms with E-state index < -0.39 is 6.04 Å². The number of ether oxygens (including phenoxy) is 1. The van der Waals surface area contributed by atoms with Gasteiger partial charge < -0.3 is 15.0 Å². The third-order valence-corrected chi connectivity index (χ3v) is 6.72. The second-order valence-electron chi connectivity index (χ2n) is 10.0. The first-order valence-electron chi connectivity index (χ1n) is 12.1. The van der Waals surface area contributed by atoms with E-state index in [1.807, 2.05) is 79.7 Å². The molecule has 190 valence electrons. The zero-order valence-electron chi connectivity index (χ0n) is 21.7. The number of benzene rings is 3. The van der Waals surface area contributed by atoms with Gasteiger partial charge in [-0.05, 0) is 57.1 Å². The summed E-state index contributed by atoms with van der Waals surface area (Å²) in [7, 11) is 1.60. The molecule has 0 aromatic heterocycles. The van der Waals surface area contributed by atoms with E-state index >= 15 is 0 Å². The number of aryl methyl sites for hydroxylation is 1. The van der Waals surface area contributed by atoms with Crippen molar-refractivity contribution in [3.8, 4) is 5.75 Å². The normalized spacial score (nSPS) is 12.1. The third-order valence-electron chi connectivity index (χ3n) is 6.10. The highest BCUT2D eigenvalue weighted by Gasteiger charge is 2.30. The number of nitrogens with one attached hydrogen (secondary N) is 1. The lowest BCUT2D eigenvalue weighted by Crippen LogP contribution is -2.51. The van der Waals surface area contributed by atoms with Crippen molar-refractivity contribution in [2.75, 3.05) is 13.7 Å². The minimum atomic E-state index is -0.680. The fraction of sp³-hybridized carbons (Fsp3) is 0.333. The maximum absolute atomic E-state index is 13.6. The molecule has 3 aromatic rings. The number of amides is 2. The number of hydrogen-bond donors (Lipinski definition) is 1. The van der Waals surface area contributed by atoms with Crippen molar-refractivity contribution in [1.29, 1.82) is 0 Å². The van der Waals surface area contributed by atoms with Crippen LogP contribution in [0.1, 0.15) is 43.0 Å². The van der Waals surface area contributed by atoms with E-state index in [0.29, 0.717) is 18.7 Å². The molecule has 5 nitrogen and oxygen atoms in total. The maximum atomic E-state index is 13.6. The van der Waals surface area contributed by atoms with Gasteiger partial charge in [-0.1, -0.05) is 87.0 Å². The first-order valence-corrected chi connectivity index (χ1v) is 12.9. The molecule has 0 saturated heterocycles. The number of rotatable bonds is 9. The Morgan fingerprint density at radius 2 is 1.67 bits per heavy atom. The van der Waals surface area contributed by atoms with Crippen molar-refractivity contribution >= 4 is 27.7 Å². The van der Waals surface area contributed by atoms with Gasteiger partial charge in [-0.2, -0.15) is 0 Å². The van der Waals surface area contributed by atoms with Crippen LogP contribution in [0.5, 0.6) is 5.75 Å². The Bertz CT molecular complexity index is 1190. The number of carbonyl (C=O) groups excluding carboxylic acids is 2. The molecule has 3 aromatic carbocycles. The van der Waals surface area contributed by atoms with Crippen molar-refractivity contribution in [2.24, 2.45) is 0 Å². The van der Waals surface area contributed by atoms with Crippen LogP contribution in [0.2, 0.25) is 0 Å². The van der Waals surface area contributed by atoms with Crippen LogP contribution in [0.3, 0.4) is 0 Å². The van der Waals surface area contributed by atoms with Gasteiger partial charge in [0, 0.05) is 20.0 Å². The zero-order valence-corrected chi connectivity index (χ0v) is 23.3. The highest BCUT2D eigenvalue weighted by Crippen LogP contribution is 2.31. The second kappa shape index (κ2) is 12.2. The number of hydrogen-bond acceptors (Lipinski definition) is 3. The molecule has 0 aliphatic carbocycles. The lowest BCUT2D eigenvalue weighted by atomic mass is 9.87. The summed E-state index contributed by atoms with van der Waals surface area (Å²) in [6.07, 6.45) is 0.405. The fourth-order valence-electron chi connectivity index (χ4n) is 4.03. The fourth-order valence-corrected chi connectivity index (χ4v) is 4.53. The zero-order chi connectivity index (χ0) is 26.3. The number of carbonyl (C=O) groups is 2. The Morgan fingerprint density at radius 3 is 2.28 bits per heavy atom. The lowest BCUT2D eigenvalue weighted by molar-refractivity contribution is -0.142. The predicted molar refractivity (Wildman–Crippen MR) is 148 cm³/mol. The monoisotopic (exact) mass is 550 g/mol. The largest absolute Gasteiger partial charge is 0.483 e. The molecule has 0 heterocycles. The number of nitrogens with zero attached hydrogens (tertiary/aromatic N) is 1. The van der Waals surface area contributed by atoms with Crippen LogP contribution in [0.25, 0.3) is 0 Å². The molecule has 36 heavy (non-hydrogen) atoms. The molecule has 2 amide bonds. The van der Waals surface area contributed by atoms with Crippen molar-refractivity contribution in [3.63, 3.8) is 0 Å². The standard InChI is InChI=1S/C30H35BrN2O3/c1-21-10-9-13-23(16-21)19-33(26(29(35)32-5)17-22-11-7-6-8-12-22)28(34)20-36-27-15-14-24(18-25(27)31)30(2,3)4/h6-16,18,26H,17,19-20H2,1-5H3,(H,32,35)/t26-/m1/s1. The van der Waals surface area contributed by atoms with Crippen LogP contribution in [0.15, 0.2) is 77.3 Å². The average molecular weight is 552 g/mol. The maximum Gasteiger partial charge on any atom is 0.261 e. The molecule has 0 fully saturated rings. The van der Waals surface area contributed by atoms with Crippen LogP contribution in [0, 0.1) is 6.92 Å². The molecule has 1 atom stereocenters. The molecule has 3 rings (SSSR count). The quantitative estimate of drug-likeness (QED) is 0.365. The summed E-state index contributed by atoms with van der Waals surface area (Å²) >= 11 is 3.58. The Kier molecular flexibility index (Phi) is 9.32. The van der Waals surface area contributed by atoms with Gasteiger partial charge in [0.25, 0.3) is 5.91 Å². The lowest BCUT2D eigenvalue weighted by Gasteiger charge is -2.31. The summed E-state index contributed by atoms with van der Waals surface area (Å²) in [6, 6.07) is 23.0. The first kappa shape index (κ1) is 27.5. The van der Waals surface area contributed by atoms with Crippen LogP contribution in [-0.2, 0) is 28.0 Å².